The van der Waals surface area contributed by atoms with E-state index in [1.807, 2.05) is 0 Å². The van der Waals surface area contributed by atoms with Crippen LogP contribution < -0.4 is 10.5 Å². The lowest BCUT2D eigenvalue weighted by Crippen LogP contribution is -2.41. The molecule has 2 unspecified atom stereocenters. The Labute approximate surface area is 90.6 Å². The lowest BCUT2D eigenvalue weighted by Gasteiger charge is -2.16. The number of hydrogen-bond donors (Lipinski definition) is 2. The predicted molar refractivity (Wildman–Crippen MR) is 51.8 cm³/mol. The Morgan fingerprint density at radius 3 is 2.31 bits per heavy atom. The summed E-state index contributed by atoms with van der Waals surface area (Å²) in [5.41, 5.74) is 5.35. The van der Waals surface area contributed by atoms with Crippen LogP contribution in [0.2, 0.25) is 0 Å². The minimum absolute atomic E-state index is 0.0565. The van der Waals surface area contributed by atoms with Crippen LogP contribution in [-0.2, 0) is 0 Å². The highest BCUT2D eigenvalue weighted by molar-refractivity contribution is 5.23. The van der Waals surface area contributed by atoms with Gasteiger partial charge < -0.3 is 15.6 Å². The quantitative estimate of drug-likeness (QED) is 0.800. The molecule has 0 aliphatic heterocycles. The molecule has 0 aliphatic carbocycles. The molecule has 90 valence electrons. The topological polar surface area (TPSA) is 55.5 Å². The van der Waals surface area contributed by atoms with E-state index >= 15 is 0 Å². The standard InChI is InChI=1S/C10H12F3NO2/c11-4-10(15)9(14)5-16-8-2-6(12)1-7(13)3-8/h1-3,9-10,15H,4-5,14H2. The van der Waals surface area contributed by atoms with E-state index < -0.39 is 30.5 Å². The summed E-state index contributed by atoms with van der Waals surface area (Å²) in [6.45, 7) is -1.23. The number of nitrogens with two attached hydrogens (primary N) is 1. The van der Waals surface area contributed by atoms with Crippen molar-refractivity contribution in [3.05, 3.63) is 29.8 Å². The van der Waals surface area contributed by atoms with Crippen molar-refractivity contribution in [3.8, 4) is 5.75 Å². The highest BCUT2D eigenvalue weighted by atomic mass is 19.1. The van der Waals surface area contributed by atoms with Crippen LogP contribution in [0, 0.1) is 11.6 Å². The number of benzene rings is 1. The van der Waals surface area contributed by atoms with Gasteiger partial charge in [-0.05, 0) is 0 Å². The maximum Gasteiger partial charge on any atom is 0.129 e. The van der Waals surface area contributed by atoms with E-state index in [0.717, 1.165) is 12.1 Å². The van der Waals surface area contributed by atoms with Crippen LogP contribution in [0.25, 0.3) is 0 Å². The van der Waals surface area contributed by atoms with Crippen LogP contribution >= 0.6 is 0 Å². The Morgan fingerprint density at radius 1 is 1.25 bits per heavy atom. The molecule has 16 heavy (non-hydrogen) atoms. The third-order valence-electron chi connectivity index (χ3n) is 1.93. The Kier molecular flexibility index (Phi) is 4.57. The van der Waals surface area contributed by atoms with Crippen molar-refractivity contribution < 1.29 is 23.0 Å². The molecule has 2 atom stereocenters. The van der Waals surface area contributed by atoms with Crippen LogP contribution in [0.3, 0.4) is 0 Å². The fourth-order valence-electron chi connectivity index (χ4n) is 1.03. The second-order valence-corrected chi connectivity index (χ2v) is 3.30. The van der Waals surface area contributed by atoms with Crippen molar-refractivity contribution in [2.45, 2.75) is 12.1 Å². The van der Waals surface area contributed by atoms with E-state index in [4.69, 9.17) is 15.6 Å². The molecule has 6 heteroatoms. The first-order valence-electron chi connectivity index (χ1n) is 4.61. The second-order valence-electron chi connectivity index (χ2n) is 3.30. The summed E-state index contributed by atoms with van der Waals surface area (Å²) < 4.78 is 42.3. The van der Waals surface area contributed by atoms with Crippen LogP contribution in [0.1, 0.15) is 0 Å². The summed E-state index contributed by atoms with van der Waals surface area (Å²) in [5.74, 6) is -1.62. The summed E-state index contributed by atoms with van der Waals surface area (Å²) in [4.78, 5) is 0. The fourth-order valence-corrected chi connectivity index (χ4v) is 1.03. The number of aliphatic hydroxyl groups excluding tert-OH is 1. The molecule has 3 N–H and O–H groups in total. The molecule has 0 bridgehead atoms. The zero-order valence-electron chi connectivity index (χ0n) is 8.37. The Morgan fingerprint density at radius 2 is 1.81 bits per heavy atom. The van der Waals surface area contributed by atoms with E-state index in [2.05, 4.69) is 0 Å². The van der Waals surface area contributed by atoms with E-state index in [1.165, 1.54) is 0 Å². The molecule has 1 aromatic rings. The number of rotatable bonds is 5. The summed E-state index contributed by atoms with van der Waals surface area (Å²) in [5, 5.41) is 8.99. The molecule has 0 heterocycles. The van der Waals surface area contributed by atoms with Gasteiger partial charge in [-0.2, -0.15) is 0 Å². The largest absolute Gasteiger partial charge is 0.492 e. The van der Waals surface area contributed by atoms with Gasteiger partial charge in [0.05, 0.1) is 6.04 Å². The molecule has 3 nitrogen and oxygen atoms in total. The smallest absolute Gasteiger partial charge is 0.129 e. The molecule has 0 spiro atoms. The van der Waals surface area contributed by atoms with Gasteiger partial charge in [0.2, 0.25) is 0 Å². The third kappa shape index (κ3) is 3.71. The molecule has 0 aliphatic rings. The number of halogens is 3. The molecule has 1 aromatic carbocycles. The van der Waals surface area contributed by atoms with Crippen molar-refractivity contribution in [1.82, 2.24) is 0 Å². The van der Waals surface area contributed by atoms with E-state index in [9.17, 15) is 13.2 Å². The van der Waals surface area contributed by atoms with E-state index in [0.29, 0.717) is 6.07 Å². The molecule has 0 saturated carbocycles. The third-order valence-corrected chi connectivity index (χ3v) is 1.93. The number of hydrogen-bond acceptors (Lipinski definition) is 3. The zero-order chi connectivity index (χ0) is 12.1. The van der Waals surface area contributed by atoms with Gasteiger partial charge in [-0.25, -0.2) is 13.2 Å². The fraction of sp³-hybridized carbons (Fsp3) is 0.400. The van der Waals surface area contributed by atoms with Crippen molar-refractivity contribution in [3.63, 3.8) is 0 Å². The summed E-state index contributed by atoms with van der Waals surface area (Å²) >= 11 is 0. The molecule has 1 rings (SSSR count). The summed E-state index contributed by atoms with van der Waals surface area (Å²) in [6, 6.07) is 1.69. The second kappa shape index (κ2) is 5.72. The minimum atomic E-state index is -1.35. The SMILES string of the molecule is NC(COc1cc(F)cc(F)c1)C(O)CF. The van der Waals surface area contributed by atoms with E-state index in [-0.39, 0.29) is 12.4 Å². The molecule has 0 aromatic heterocycles. The van der Waals surface area contributed by atoms with Crippen molar-refractivity contribution in [1.29, 1.82) is 0 Å². The highest BCUT2D eigenvalue weighted by Crippen LogP contribution is 2.15. The monoisotopic (exact) mass is 235 g/mol. The van der Waals surface area contributed by atoms with Gasteiger partial charge in [-0.3, -0.25) is 0 Å². The Hall–Kier alpha value is -1.27. The number of ether oxygens (including phenoxy) is 1. The highest BCUT2D eigenvalue weighted by Gasteiger charge is 2.15. The summed E-state index contributed by atoms with van der Waals surface area (Å²) in [7, 11) is 0. The van der Waals surface area contributed by atoms with Crippen molar-refractivity contribution >= 4 is 0 Å². The van der Waals surface area contributed by atoms with Gasteiger partial charge in [-0.1, -0.05) is 0 Å². The van der Waals surface area contributed by atoms with Crippen LogP contribution in [-0.4, -0.2) is 30.5 Å². The normalized spacial score (nSPS) is 14.6. The average Bonchev–Trinajstić information content (AvgIpc) is 2.23. The van der Waals surface area contributed by atoms with Crippen LogP contribution in [0.4, 0.5) is 13.2 Å². The maximum absolute atomic E-state index is 12.7. The Balaban J connectivity index is 2.54. The van der Waals surface area contributed by atoms with Gasteiger partial charge in [0.15, 0.2) is 0 Å². The van der Waals surface area contributed by atoms with Gasteiger partial charge in [0.1, 0.15) is 36.8 Å². The number of alkyl halides is 1. The molecule has 0 fully saturated rings. The molecule has 0 amide bonds. The van der Waals surface area contributed by atoms with Crippen LogP contribution in [0.15, 0.2) is 18.2 Å². The lowest BCUT2D eigenvalue weighted by atomic mass is 10.2. The van der Waals surface area contributed by atoms with Crippen molar-refractivity contribution in [2.24, 2.45) is 5.73 Å². The van der Waals surface area contributed by atoms with Gasteiger partial charge >= 0.3 is 0 Å². The summed E-state index contributed by atoms with van der Waals surface area (Å²) in [6.07, 6.45) is -1.35. The molecular formula is C10H12F3NO2. The van der Waals surface area contributed by atoms with Crippen LogP contribution in [0.5, 0.6) is 5.75 Å². The minimum Gasteiger partial charge on any atom is -0.492 e. The zero-order valence-corrected chi connectivity index (χ0v) is 8.37. The number of aliphatic hydroxyl groups is 1. The first-order chi connectivity index (χ1) is 7.52. The average molecular weight is 235 g/mol. The Bertz CT molecular complexity index is 329. The molecule has 0 radical (unpaired) electrons. The van der Waals surface area contributed by atoms with E-state index in [1.54, 1.807) is 0 Å². The maximum atomic E-state index is 12.7. The molecule has 0 saturated heterocycles. The molecular weight excluding hydrogens is 223 g/mol. The van der Waals surface area contributed by atoms with Gasteiger partial charge in [-0.15, -0.1) is 0 Å². The predicted octanol–water partition coefficient (Wildman–Crippen LogP) is 1.00. The van der Waals surface area contributed by atoms with Gasteiger partial charge in [0.25, 0.3) is 0 Å². The first-order valence-corrected chi connectivity index (χ1v) is 4.61. The lowest BCUT2D eigenvalue weighted by molar-refractivity contribution is 0.0908. The van der Waals surface area contributed by atoms with Gasteiger partial charge in [0, 0.05) is 18.2 Å². The first kappa shape index (κ1) is 12.8. The van der Waals surface area contributed by atoms with Crippen molar-refractivity contribution in [2.75, 3.05) is 13.3 Å².